The Morgan fingerprint density at radius 3 is 2.67 bits per heavy atom. The fourth-order valence-electron chi connectivity index (χ4n) is 2.37. The first kappa shape index (κ1) is 17.7. The number of phosphoric acid groups is 1. The first-order valence-corrected chi connectivity index (χ1v) is 8.77. The number of rotatable bonds is 6. The van der Waals surface area contributed by atoms with Gasteiger partial charge in [0.05, 0.1) is 25.4 Å². The summed E-state index contributed by atoms with van der Waals surface area (Å²) in [6, 6.07) is 0. The van der Waals surface area contributed by atoms with E-state index in [0.717, 1.165) is 6.42 Å². The number of ether oxygens (including phenoxy) is 2. The first-order valence-electron chi connectivity index (χ1n) is 6.76. The number of aliphatic hydroxyl groups excluding tert-OH is 2. The van der Waals surface area contributed by atoms with E-state index in [4.69, 9.17) is 23.6 Å². The second-order valence-corrected chi connectivity index (χ2v) is 7.16. The van der Waals surface area contributed by atoms with Crippen LogP contribution in [0, 0.1) is 0 Å². The molecular weight excluding hydrogens is 323 g/mol. The van der Waals surface area contributed by atoms with E-state index >= 15 is 0 Å². The third-order valence-corrected chi connectivity index (χ3v) is 4.88. The van der Waals surface area contributed by atoms with Gasteiger partial charge in [0.15, 0.2) is 0 Å². The van der Waals surface area contributed by atoms with Crippen LogP contribution in [0.1, 0.15) is 19.8 Å². The van der Waals surface area contributed by atoms with E-state index in [-0.39, 0.29) is 18.1 Å². The van der Waals surface area contributed by atoms with Crippen molar-refractivity contribution in [2.24, 2.45) is 0 Å². The molecule has 8 nitrogen and oxygen atoms in total. The van der Waals surface area contributed by atoms with Gasteiger partial charge in [-0.1, -0.05) is 0 Å². The maximum atomic E-state index is 11.9. The van der Waals surface area contributed by atoms with E-state index in [2.05, 4.69) is 12.6 Å². The summed E-state index contributed by atoms with van der Waals surface area (Å²) in [6.07, 6.45) is -2.60. The molecule has 21 heavy (non-hydrogen) atoms. The van der Waals surface area contributed by atoms with Crippen molar-refractivity contribution in [2.75, 3.05) is 13.2 Å². The summed E-state index contributed by atoms with van der Waals surface area (Å²) < 4.78 is 32.3. The Bertz CT molecular complexity index is 396. The molecule has 0 bridgehead atoms. The van der Waals surface area contributed by atoms with Gasteiger partial charge in [-0.2, -0.15) is 0 Å². The highest BCUT2D eigenvalue weighted by Gasteiger charge is 2.46. The van der Waals surface area contributed by atoms with Gasteiger partial charge in [0, 0.05) is 0 Å². The maximum absolute atomic E-state index is 11.9. The summed E-state index contributed by atoms with van der Waals surface area (Å²) in [4.78, 5) is 9.71. The summed E-state index contributed by atoms with van der Waals surface area (Å²) in [7, 11) is -4.38. The Hall–Kier alpha value is 0.300. The third-order valence-electron chi connectivity index (χ3n) is 3.52. The summed E-state index contributed by atoms with van der Waals surface area (Å²) >= 11 is 4.14. The lowest BCUT2D eigenvalue weighted by Gasteiger charge is -2.22. The zero-order valence-electron chi connectivity index (χ0n) is 11.6. The molecule has 0 amide bonds. The summed E-state index contributed by atoms with van der Waals surface area (Å²) in [5, 5.41) is 19.0. The second kappa shape index (κ2) is 7.25. The molecule has 0 aromatic rings. The molecule has 2 heterocycles. The van der Waals surface area contributed by atoms with Crippen LogP contribution in [-0.4, -0.2) is 64.3 Å². The van der Waals surface area contributed by atoms with Crippen molar-refractivity contribution in [2.45, 2.75) is 55.7 Å². The van der Waals surface area contributed by atoms with Crippen LogP contribution < -0.4 is 0 Å². The second-order valence-electron chi connectivity index (χ2n) is 5.18. The van der Waals surface area contributed by atoms with Gasteiger partial charge in [-0.25, -0.2) is 4.57 Å². The molecule has 0 aromatic heterocycles. The molecule has 7 unspecified atom stereocenters. The Morgan fingerprint density at radius 2 is 2.10 bits per heavy atom. The van der Waals surface area contributed by atoms with Gasteiger partial charge in [-0.05, 0) is 19.8 Å². The summed E-state index contributed by atoms with van der Waals surface area (Å²) in [5.41, 5.74) is -0.192. The first-order chi connectivity index (χ1) is 9.82. The van der Waals surface area contributed by atoms with Crippen LogP contribution in [-0.2, 0) is 23.1 Å². The van der Waals surface area contributed by atoms with Crippen LogP contribution in [0.4, 0.5) is 0 Å². The van der Waals surface area contributed by atoms with Crippen LogP contribution >= 0.6 is 20.5 Å². The van der Waals surface area contributed by atoms with Crippen LogP contribution in [0.25, 0.3) is 0 Å². The molecular formula is C11H21O8PS. The molecule has 2 saturated heterocycles. The van der Waals surface area contributed by atoms with Crippen molar-refractivity contribution in [3.63, 3.8) is 0 Å². The van der Waals surface area contributed by atoms with Crippen LogP contribution in [0.2, 0.25) is 0 Å². The largest absolute Gasteiger partial charge is 0.472 e. The highest BCUT2D eigenvalue weighted by Crippen LogP contribution is 2.47. The van der Waals surface area contributed by atoms with E-state index < -0.39 is 38.8 Å². The lowest BCUT2D eigenvalue weighted by atomic mass is 10.1. The molecule has 0 aromatic carbocycles. The van der Waals surface area contributed by atoms with Gasteiger partial charge in [0.25, 0.3) is 0 Å². The predicted octanol–water partition coefficient (Wildman–Crippen LogP) is 0.0640. The van der Waals surface area contributed by atoms with Crippen molar-refractivity contribution in [1.29, 1.82) is 0 Å². The fraction of sp³-hybridized carbons (Fsp3) is 1.00. The molecule has 0 saturated carbocycles. The molecule has 2 fully saturated rings. The minimum atomic E-state index is -4.38. The smallest absolute Gasteiger partial charge is 0.394 e. The number of hydrogen-bond acceptors (Lipinski definition) is 8. The number of aliphatic hydroxyl groups is 2. The Morgan fingerprint density at radius 1 is 1.38 bits per heavy atom. The molecule has 2 aliphatic heterocycles. The molecule has 2 rings (SSSR count). The monoisotopic (exact) mass is 344 g/mol. The van der Waals surface area contributed by atoms with E-state index in [1.54, 1.807) is 6.92 Å². The van der Waals surface area contributed by atoms with Gasteiger partial charge >= 0.3 is 7.82 Å². The van der Waals surface area contributed by atoms with E-state index in [0.29, 0.717) is 6.42 Å². The van der Waals surface area contributed by atoms with Crippen molar-refractivity contribution in [1.82, 2.24) is 0 Å². The number of phosphoric ester groups is 1. The predicted molar refractivity (Wildman–Crippen MR) is 75.0 cm³/mol. The van der Waals surface area contributed by atoms with Crippen LogP contribution in [0.5, 0.6) is 0 Å². The average Bonchev–Trinajstić information content (AvgIpc) is 2.95. The lowest BCUT2D eigenvalue weighted by molar-refractivity contribution is -0.0242. The zero-order chi connectivity index (χ0) is 15.6. The standard InChI is InChI=1S/C11H21O8PS/c1-6-10(13)11(8(4-12)17-6)19-20(14,15)16-5-7-2-3-9(21)18-7/h6-13,21H,2-5H2,1H3,(H,14,15). The molecule has 0 aliphatic carbocycles. The summed E-state index contributed by atoms with van der Waals surface area (Å²) in [6.45, 7) is 1.05. The third kappa shape index (κ3) is 4.63. The summed E-state index contributed by atoms with van der Waals surface area (Å²) in [5.74, 6) is 0. The van der Waals surface area contributed by atoms with Crippen molar-refractivity contribution >= 4 is 20.5 Å². The molecule has 7 atom stereocenters. The maximum Gasteiger partial charge on any atom is 0.472 e. The number of hydrogen-bond donors (Lipinski definition) is 4. The van der Waals surface area contributed by atoms with Crippen molar-refractivity contribution in [3.05, 3.63) is 0 Å². The average molecular weight is 344 g/mol. The quantitative estimate of drug-likeness (QED) is 0.395. The lowest BCUT2D eigenvalue weighted by Crippen LogP contribution is -2.35. The molecule has 3 N–H and O–H groups in total. The van der Waals surface area contributed by atoms with E-state index in [1.807, 2.05) is 0 Å². The van der Waals surface area contributed by atoms with Crippen molar-refractivity contribution < 1.29 is 38.2 Å². The highest BCUT2D eigenvalue weighted by molar-refractivity contribution is 7.80. The fourth-order valence-corrected chi connectivity index (χ4v) is 3.67. The van der Waals surface area contributed by atoms with Gasteiger partial charge in [0.1, 0.15) is 23.7 Å². The van der Waals surface area contributed by atoms with E-state index in [1.165, 1.54) is 0 Å². The molecule has 0 radical (unpaired) electrons. The van der Waals surface area contributed by atoms with Gasteiger partial charge in [-0.3, -0.25) is 9.05 Å². The normalized spacial score (nSPS) is 43.1. The Labute approximate surface area is 128 Å². The molecule has 0 spiro atoms. The molecule has 124 valence electrons. The Balaban J connectivity index is 1.86. The van der Waals surface area contributed by atoms with Gasteiger partial charge in [0.2, 0.25) is 0 Å². The van der Waals surface area contributed by atoms with Crippen LogP contribution in [0.3, 0.4) is 0 Å². The highest BCUT2D eigenvalue weighted by atomic mass is 32.1. The minimum absolute atomic E-state index is 0.103. The van der Waals surface area contributed by atoms with Crippen molar-refractivity contribution in [3.8, 4) is 0 Å². The zero-order valence-corrected chi connectivity index (χ0v) is 13.4. The minimum Gasteiger partial charge on any atom is -0.394 e. The molecule has 10 heteroatoms. The SMILES string of the molecule is CC1OC(CO)C(OP(=O)(O)OCC2CCC(S)O2)C1O. The van der Waals surface area contributed by atoms with Crippen LogP contribution in [0.15, 0.2) is 0 Å². The Kier molecular flexibility index (Phi) is 6.09. The van der Waals surface area contributed by atoms with E-state index in [9.17, 15) is 14.6 Å². The number of thiol groups is 1. The van der Waals surface area contributed by atoms with Gasteiger partial charge < -0.3 is 24.6 Å². The van der Waals surface area contributed by atoms with Gasteiger partial charge in [-0.15, -0.1) is 12.6 Å². The topological polar surface area (TPSA) is 115 Å². The molecule has 2 aliphatic rings.